The molecule has 0 bridgehead atoms. The fourth-order valence-electron chi connectivity index (χ4n) is 3.16. The fraction of sp³-hybridized carbons (Fsp3) is 0.471. The quantitative estimate of drug-likeness (QED) is 0.786. The van der Waals surface area contributed by atoms with Crippen LogP contribution >= 0.6 is 0 Å². The predicted molar refractivity (Wildman–Crippen MR) is 91.7 cm³/mol. The van der Waals surface area contributed by atoms with Crippen LogP contribution in [-0.2, 0) is 13.5 Å². The molecule has 1 atom stereocenters. The number of aromatic nitrogens is 5. The molecule has 0 aliphatic rings. The summed E-state index contributed by atoms with van der Waals surface area (Å²) in [5.74, 6) is 0.971. The lowest BCUT2D eigenvalue weighted by atomic mass is 10.1. The van der Waals surface area contributed by atoms with E-state index in [1.165, 1.54) is 11.3 Å². The normalized spacial score (nSPS) is 12.7. The molecule has 122 valence electrons. The molecule has 3 aromatic rings. The number of rotatable bonds is 5. The Balaban J connectivity index is 1.98. The van der Waals surface area contributed by atoms with Gasteiger partial charge in [0, 0.05) is 36.1 Å². The summed E-state index contributed by atoms with van der Waals surface area (Å²) in [5, 5.41) is 12.5. The van der Waals surface area contributed by atoms with Crippen molar-refractivity contribution in [2.45, 2.75) is 46.6 Å². The molecule has 23 heavy (non-hydrogen) atoms. The molecule has 0 radical (unpaired) electrons. The van der Waals surface area contributed by atoms with Crippen LogP contribution in [-0.4, -0.2) is 24.4 Å². The molecule has 3 aromatic heterocycles. The van der Waals surface area contributed by atoms with Gasteiger partial charge in [-0.15, -0.1) is 0 Å². The Hall–Kier alpha value is -2.37. The van der Waals surface area contributed by atoms with Gasteiger partial charge in [-0.25, -0.2) is 4.98 Å². The van der Waals surface area contributed by atoms with Crippen LogP contribution in [0.4, 0.5) is 5.82 Å². The van der Waals surface area contributed by atoms with Gasteiger partial charge in [0.05, 0.1) is 17.9 Å². The molecule has 6 nitrogen and oxygen atoms in total. The molecule has 6 heteroatoms. The SMILES string of the molecule is CCCc1cc(NC(C)c2c(C)nn(C)c2C)n2nccc2n1. The Morgan fingerprint density at radius 2 is 2.09 bits per heavy atom. The largest absolute Gasteiger partial charge is 0.363 e. The summed E-state index contributed by atoms with van der Waals surface area (Å²) < 4.78 is 3.79. The van der Waals surface area contributed by atoms with E-state index in [-0.39, 0.29) is 6.04 Å². The van der Waals surface area contributed by atoms with Crippen LogP contribution in [0.5, 0.6) is 0 Å². The maximum Gasteiger partial charge on any atom is 0.157 e. The summed E-state index contributed by atoms with van der Waals surface area (Å²) >= 11 is 0. The molecule has 1 unspecified atom stereocenters. The summed E-state index contributed by atoms with van der Waals surface area (Å²) in [4.78, 5) is 4.65. The Kier molecular flexibility index (Phi) is 4.07. The molecular formula is C17H24N6. The van der Waals surface area contributed by atoms with Crippen molar-refractivity contribution in [3.63, 3.8) is 0 Å². The molecule has 0 saturated heterocycles. The average molecular weight is 312 g/mol. The fourth-order valence-corrected chi connectivity index (χ4v) is 3.16. The first-order valence-electron chi connectivity index (χ1n) is 8.11. The van der Waals surface area contributed by atoms with Crippen LogP contribution in [0.3, 0.4) is 0 Å². The third-order valence-corrected chi connectivity index (χ3v) is 4.28. The van der Waals surface area contributed by atoms with Crippen molar-refractivity contribution in [3.8, 4) is 0 Å². The summed E-state index contributed by atoms with van der Waals surface area (Å²) in [6, 6.07) is 4.18. The van der Waals surface area contributed by atoms with Gasteiger partial charge in [-0.1, -0.05) is 13.3 Å². The van der Waals surface area contributed by atoms with Crippen molar-refractivity contribution in [2.24, 2.45) is 7.05 Å². The zero-order valence-corrected chi connectivity index (χ0v) is 14.5. The molecule has 0 aromatic carbocycles. The van der Waals surface area contributed by atoms with E-state index in [0.717, 1.165) is 35.7 Å². The van der Waals surface area contributed by atoms with Crippen LogP contribution in [0.2, 0.25) is 0 Å². The second-order valence-electron chi connectivity index (χ2n) is 6.06. The number of anilines is 1. The van der Waals surface area contributed by atoms with E-state index in [0.29, 0.717) is 0 Å². The van der Waals surface area contributed by atoms with E-state index in [4.69, 9.17) is 0 Å². The summed E-state index contributed by atoms with van der Waals surface area (Å²) in [5.41, 5.74) is 5.45. The highest BCUT2D eigenvalue weighted by Crippen LogP contribution is 2.25. The molecular weight excluding hydrogens is 288 g/mol. The topological polar surface area (TPSA) is 60.0 Å². The number of nitrogens with one attached hydrogen (secondary N) is 1. The van der Waals surface area contributed by atoms with Gasteiger partial charge in [-0.05, 0) is 27.2 Å². The van der Waals surface area contributed by atoms with Crippen molar-refractivity contribution in [1.29, 1.82) is 0 Å². The van der Waals surface area contributed by atoms with E-state index < -0.39 is 0 Å². The number of aryl methyl sites for hydroxylation is 3. The number of hydrogen-bond donors (Lipinski definition) is 1. The summed E-state index contributed by atoms with van der Waals surface area (Å²) in [6.07, 6.45) is 3.83. The minimum absolute atomic E-state index is 0.146. The first-order chi connectivity index (χ1) is 11.0. The maximum atomic E-state index is 4.65. The lowest BCUT2D eigenvalue weighted by Crippen LogP contribution is -2.13. The molecule has 0 fully saturated rings. The van der Waals surface area contributed by atoms with Gasteiger partial charge in [0.1, 0.15) is 5.82 Å². The highest BCUT2D eigenvalue weighted by Gasteiger charge is 2.17. The van der Waals surface area contributed by atoms with Crippen molar-refractivity contribution >= 4 is 11.5 Å². The second kappa shape index (κ2) is 6.02. The predicted octanol–water partition coefficient (Wildman–Crippen LogP) is 3.21. The average Bonchev–Trinajstić information content (AvgIpc) is 3.05. The Bertz CT molecular complexity index is 829. The van der Waals surface area contributed by atoms with Crippen LogP contribution < -0.4 is 5.32 Å². The number of hydrogen-bond acceptors (Lipinski definition) is 4. The zero-order valence-electron chi connectivity index (χ0n) is 14.5. The second-order valence-corrected chi connectivity index (χ2v) is 6.06. The van der Waals surface area contributed by atoms with Gasteiger partial charge in [0.25, 0.3) is 0 Å². The molecule has 0 spiro atoms. The third kappa shape index (κ3) is 2.81. The van der Waals surface area contributed by atoms with Crippen molar-refractivity contribution < 1.29 is 0 Å². The van der Waals surface area contributed by atoms with Gasteiger partial charge >= 0.3 is 0 Å². The number of nitrogens with zero attached hydrogens (tertiary/aromatic N) is 5. The molecule has 0 aliphatic heterocycles. The van der Waals surface area contributed by atoms with Crippen molar-refractivity contribution in [3.05, 3.63) is 41.0 Å². The molecule has 0 amide bonds. The van der Waals surface area contributed by atoms with E-state index in [1.54, 1.807) is 6.20 Å². The van der Waals surface area contributed by atoms with Crippen LogP contribution in [0, 0.1) is 13.8 Å². The van der Waals surface area contributed by atoms with Gasteiger partial charge in [0.15, 0.2) is 5.65 Å². The molecule has 0 saturated carbocycles. The van der Waals surface area contributed by atoms with E-state index in [2.05, 4.69) is 54.3 Å². The van der Waals surface area contributed by atoms with Gasteiger partial charge in [0.2, 0.25) is 0 Å². The number of fused-ring (bicyclic) bond motifs is 1. The van der Waals surface area contributed by atoms with Gasteiger partial charge in [-0.2, -0.15) is 14.7 Å². The standard InChI is InChI=1S/C17H24N6/c1-6-7-14-10-16(23-15(20-14)8-9-18-23)19-11(2)17-12(3)21-22(5)13(17)4/h8-11,19H,6-7H2,1-5H3. The van der Waals surface area contributed by atoms with Crippen molar-refractivity contribution in [1.82, 2.24) is 24.4 Å². The molecule has 0 aliphatic carbocycles. The van der Waals surface area contributed by atoms with Crippen molar-refractivity contribution in [2.75, 3.05) is 5.32 Å². The Labute approximate surface area is 136 Å². The van der Waals surface area contributed by atoms with Crippen LogP contribution in [0.25, 0.3) is 5.65 Å². The molecule has 1 N–H and O–H groups in total. The molecule has 3 heterocycles. The summed E-state index contributed by atoms with van der Waals surface area (Å²) in [7, 11) is 1.98. The van der Waals surface area contributed by atoms with E-state index >= 15 is 0 Å². The highest BCUT2D eigenvalue weighted by atomic mass is 15.3. The maximum absolute atomic E-state index is 4.65. The van der Waals surface area contributed by atoms with Crippen LogP contribution in [0.15, 0.2) is 18.3 Å². The third-order valence-electron chi connectivity index (χ3n) is 4.28. The summed E-state index contributed by atoms with van der Waals surface area (Å²) in [6.45, 7) is 8.48. The van der Waals surface area contributed by atoms with E-state index in [1.807, 2.05) is 22.3 Å². The lowest BCUT2D eigenvalue weighted by molar-refractivity contribution is 0.728. The highest BCUT2D eigenvalue weighted by molar-refractivity contribution is 5.50. The van der Waals surface area contributed by atoms with Gasteiger partial charge in [-0.3, -0.25) is 4.68 Å². The smallest absolute Gasteiger partial charge is 0.157 e. The molecule has 3 rings (SSSR count). The zero-order chi connectivity index (χ0) is 16.6. The Morgan fingerprint density at radius 1 is 1.30 bits per heavy atom. The first-order valence-corrected chi connectivity index (χ1v) is 8.11. The van der Waals surface area contributed by atoms with E-state index in [9.17, 15) is 0 Å². The minimum atomic E-state index is 0.146. The van der Waals surface area contributed by atoms with Crippen LogP contribution in [0.1, 0.15) is 49.0 Å². The lowest BCUT2D eigenvalue weighted by Gasteiger charge is -2.17. The minimum Gasteiger partial charge on any atom is -0.363 e. The van der Waals surface area contributed by atoms with Gasteiger partial charge < -0.3 is 5.32 Å². The first kappa shape index (κ1) is 15.5. The monoisotopic (exact) mass is 312 g/mol. The Morgan fingerprint density at radius 3 is 2.74 bits per heavy atom.